The molecule has 0 spiro atoms. The van der Waals surface area contributed by atoms with Crippen molar-refractivity contribution in [2.24, 2.45) is 10.1 Å². The van der Waals surface area contributed by atoms with Gasteiger partial charge in [0.2, 0.25) is 5.91 Å². The summed E-state index contributed by atoms with van der Waals surface area (Å²) in [6.07, 6.45) is 0.693. The van der Waals surface area contributed by atoms with Crippen LogP contribution in [0.3, 0.4) is 0 Å². The molecule has 6 nitrogen and oxygen atoms in total. The number of aryl methyl sites for hydroxylation is 1. The van der Waals surface area contributed by atoms with Gasteiger partial charge in [0.25, 0.3) is 5.91 Å². The fraction of sp³-hybridized carbons (Fsp3) is 0.185. The number of aliphatic imine (C=N–C) groups is 1. The summed E-state index contributed by atoms with van der Waals surface area (Å²) in [5.41, 5.74) is 4.77. The minimum Gasteiger partial charge on any atom is -0.325 e. The van der Waals surface area contributed by atoms with Gasteiger partial charge in [-0.05, 0) is 30.2 Å². The summed E-state index contributed by atoms with van der Waals surface area (Å²) in [5.74, 6) is -0.615. The molecule has 0 radical (unpaired) electrons. The Morgan fingerprint density at radius 1 is 1.06 bits per heavy atom. The molecule has 0 saturated carbocycles. The highest BCUT2D eigenvalue weighted by Gasteiger charge is 2.39. The van der Waals surface area contributed by atoms with Gasteiger partial charge in [0, 0.05) is 12.8 Å². The Balaban J connectivity index is 1.35. The first kappa shape index (κ1) is 23.3. The first-order valence-corrected chi connectivity index (χ1v) is 12.6. The molecule has 3 aromatic rings. The lowest BCUT2D eigenvalue weighted by Crippen LogP contribution is -2.25. The molecular formula is C27H23ClN4O2S. The topological polar surface area (TPSA) is 74.1 Å². The standard InChI is InChI=1S/C27H23ClN4O2S/c1-17-11-13-19(14-12-17)23-15-22(18-7-3-2-4-8-18)31-32(23)27-30-26(34)24(35-27)16-25(33)29-21-10-6-5-9-20(21)28/h2-14,23-24H,15-16H2,1H3,(H,29,33)/t23-,24-/m0/s1. The van der Waals surface area contributed by atoms with Crippen LogP contribution in [0.5, 0.6) is 0 Å². The molecule has 0 fully saturated rings. The van der Waals surface area contributed by atoms with Crippen LogP contribution in [-0.2, 0) is 9.59 Å². The molecule has 0 unspecified atom stereocenters. The summed E-state index contributed by atoms with van der Waals surface area (Å²) in [4.78, 5) is 29.7. The summed E-state index contributed by atoms with van der Waals surface area (Å²) in [5, 5.41) is 9.85. The van der Waals surface area contributed by atoms with E-state index < -0.39 is 5.25 Å². The molecule has 176 valence electrons. The fourth-order valence-corrected chi connectivity index (χ4v) is 5.32. The van der Waals surface area contributed by atoms with Crippen molar-refractivity contribution in [1.82, 2.24) is 5.01 Å². The fourth-order valence-electron chi connectivity index (χ4n) is 4.08. The molecule has 2 amide bonds. The Morgan fingerprint density at radius 2 is 1.77 bits per heavy atom. The van der Waals surface area contributed by atoms with E-state index in [-0.39, 0.29) is 24.3 Å². The summed E-state index contributed by atoms with van der Waals surface area (Å²) < 4.78 is 0. The maximum atomic E-state index is 12.7. The van der Waals surface area contributed by atoms with Crippen molar-refractivity contribution >= 4 is 51.7 Å². The van der Waals surface area contributed by atoms with Crippen molar-refractivity contribution in [3.05, 3.63) is 101 Å². The van der Waals surface area contributed by atoms with E-state index in [1.807, 2.05) is 35.3 Å². The van der Waals surface area contributed by atoms with Gasteiger partial charge in [0.15, 0.2) is 5.17 Å². The van der Waals surface area contributed by atoms with Crippen LogP contribution in [0, 0.1) is 6.92 Å². The highest BCUT2D eigenvalue weighted by atomic mass is 35.5. The molecule has 2 aliphatic rings. The molecule has 2 atom stereocenters. The van der Waals surface area contributed by atoms with Crippen molar-refractivity contribution in [1.29, 1.82) is 0 Å². The third-order valence-corrected chi connectivity index (χ3v) is 7.39. The van der Waals surface area contributed by atoms with E-state index in [9.17, 15) is 9.59 Å². The van der Waals surface area contributed by atoms with Crippen molar-refractivity contribution in [3.63, 3.8) is 0 Å². The summed E-state index contributed by atoms with van der Waals surface area (Å²) in [6.45, 7) is 2.05. The molecule has 8 heteroatoms. The number of anilines is 1. The first-order chi connectivity index (χ1) is 17.0. The normalized spacial score (nSPS) is 19.5. The Morgan fingerprint density at radius 3 is 2.51 bits per heavy atom. The molecule has 0 aliphatic carbocycles. The molecule has 0 bridgehead atoms. The van der Waals surface area contributed by atoms with Crippen LogP contribution in [0.25, 0.3) is 0 Å². The molecule has 35 heavy (non-hydrogen) atoms. The van der Waals surface area contributed by atoms with E-state index in [1.165, 1.54) is 17.3 Å². The highest BCUT2D eigenvalue weighted by molar-refractivity contribution is 8.15. The maximum Gasteiger partial charge on any atom is 0.262 e. The van der Waals surface area contributed by atoms with Gasteiger partial charge in [-0.1, -0.05) is 95.7 Å². The second kappa shape index (κ2) is 10.1. The molecule has 0 aromatic heterocycles. The van der Waals surface area contributed by atoms with Gasteiger partial charge in [0.05, 0.1) is 22.5 Å². The van der Waals surface area contributed by atoms with Gasteiger partial charge in [-0.2, -0.15) is 10.1 Å². The predicted octanol–water partition coefficient (Wildman–Crippen LogP) is 5.83. The number of thioether (sulfide) groups is 1. The van der Waals surface area contributed by atoms with E-state index in [0.717, 1.165) is 16.8 Å². The lowest BCUT2D eigenvalue weighted by Gasteiger charge is -2.23. The monoisotopic (exact) mass is 502 g/mol. The lowest BCUT2D eigenvalue weighted by atomic mass is 9.98. The average Bonchev–Trinajstić information content (AvgIpc) is 3.46. The number of benzene rings is 3. The molecule has 5 rings (SSSR count). The zero-order valence-electron chi connectivity index (χ0n) is 19.0. The van der Waals surface area contributed by atoms with Crippen molar-refractivity contribution in [3.8, 4) is 0 Å². The Hall–Kier alpha value is -3.42. The van der Waals surface area contributed by atoms with E-state index in [2.05, 4.69) is 41.5 Å². The number of nitrogens with one attached hydrogen (secondary N) is 1. The van der Waals surface area contributed by atoms with Gasteiger partial charge in [-0.15, -0.1) is 0 Å². The van der Waals surface area contributed by atoms with Gasteiger partial charge in [0.1, 0.15) is 5.25 Å². The zero-order valence-corrected chi connectivity index (χ0v) is 20.6. The van der Waals surface area contributed by atoms with Crippen LogP contribution in [-0.4, -0.2) is 33.0 Å². The van der Waals surface area contributed by atoms with Crippen molar-refractivity contribution in [2.45, 2.75) is 31.1 Å². The van der Waals surface area contributed by atoms with E-state index in [4.69, 9.17) is 16.7 Å². The summed E-state index contributed by atoms with van der Waals surface area (Å²) >= 11 is 7.42. The quantitative estimate of drug-likeness (QED) is 0.476. The molecule has 3 aromatic carbocycles. The first-order valence-electron chi connectivity index (χ1n) is 11.3. The van der Waals surface area contributed by atoms with Crippen LogP contribution in [0.1, 0.15) is 35.6 Å². The predicted molar refractivity (Wildman–Crippen MR) is 142 cm³/mol. The highest BCUT2D eigenvalue weighted by Crippen LogP contribution is 2.38. The van der Waals surface area contributed by atoms with Crippen molar-refractivity contribution in [2.75, 3.05) is 5.32 Å². The number of hydrazone groups is 1. The third-order valence-electron chi connectivity index (χ3n) is 5.92. The molecule has 1 N–H and O–H groups in total. The number of amidine groups is 1. The Kier molecular flexibility index (Phi) is 6.70. The number of hydrogen-bond donors (Lipinski definition) is 1. The number of nitrogens with zero attached hydrogens (tertiary/aromatic N) is 3. The number of amides is 2. The van der Waals surface area contributed by atoms with Gasteiger partial charge < -0.3 is 5.32 Å². The second-order valence-corrected chi connectivity index (χ2v) is 10.0. The van der Waals surface area contributed by atoms with E-state index in [0.29, 0.717) is 22.3 Å². The largest absolute Gasteiger partial charge is 0.325 e. The lowest BCUT2D eigenvalue weighted by molar-refractivity contribution is -0.121. The second-order valence-electron chi connectivity index (χ2n) is 8.46. The number of rotatable bonds is 5. The van der Waals surface area contributed by atoms with Crippen molar-refractivity contribution < 1.29 is 9.59 Å². The molecule has 2 heterocycles. The molecule has 0 saturated heterocycles. The van der Waals surface area contributed by atoms with Crippen LogP contribution in [0.2, 0.25) is 5.02 Å². The van der Waals surface area contributed by atoms with E-state index in [1.54, 1.807) is 24.3 Å². The van der Waals surface area contributed by atoms with Gasteiger partial charge in [-0.3, -0.25) is 9.59 Å². The minimum absolute atomic E-state index is 0.0000181. The average molecular weight is 503 g/mol. The van der Waals surface area contributed by atoms with Gasteiger partial charge >= 0.3 is 0 Å². The Bertz CT molecular complexity index is 1320. The number of carbonyl (C=O) groups is 2. The van der Waals surface area contributed by atoms with E-state index >= 15 is 0 Å². The minimum atomic E-state index is -0.609. The smallest absolute Gasteiger partial charge is 0.262 e. The number of halogens is 1. The molecule has 2 aliphatic heterocycles. The Labute approximate surface area is 213 Å². The summed E-state index contributed by atoms with van der Waals surface area (Å²) in [7, 11) is 0. The maximum absolute atomic E-state index is 12.7. The number of carbonyl (C=O) groups excluding carboxylic acids is 2. The SMILES string of the molecule is Cc1ccc([C@@H]2CC(c3ccccc3)=NN2C2=NC(=O)[C@H](CC(=O)Nc3ccccc3Cl)S2)cc1. The van der Waals surface area contributed by atoms with Crippen LogP contribution >= 0.6 is 23.4 Å². The number of para-hydroxylation sites is 1. The third kappa shape index (κ3) is 5.16. The van der Waals surface area contributed by atoms with Gasteiger partial charge in [-0.25, -0.2) is 5.01 Å². The number of hydrogen-bond acceptors (Lipinski definition) is 5. The summed E-state index contributed by atoms with van der Waals surface area (Å²) in [6, 6.07) is 25.3. The van der Waals surface area contributed by atoms with Crippen LogP contribution in [0.4, 0.5) is 5.69 Å². The van der Waals surface area contributed by atoms with Crippen LogP contribution < -0.4 is 5.32 Å². The van der Waals surface area contributed by atoms with Crippen LogP contribution in [0.15, 0.2) is 89.0 Å². The molecular weight excluding hydrogens is 480 g/mol. The zero-order chi connectivity index (χ0) is 24.4.